The molecule has 0 aromatic rings. The minimum Gasteiger partial charge on any atom is -0.300 e. The van der Waals surface area contributed by atoms with Crippen LogP contribution in [0.5, 0.6) is 0 Å². The summed E-state index contributed by atoms with van der Waals surface area (Å²) < 4.78 is 12.4. The molecule has 1 aliphatic carbocycles. The Morgan fingerprint density at radius 1 is 1.67 bits per heavy atom. The van der Waals surface area contributed by atoms with Crippen molar-refractivity contribution < 1.29 is 9.18 Å². The average Bonchev–Trinajstić information content (AvgIpc) is 1.79. The SMILES string of the molecule is CC(=O)C[C@@H]1CC[C@@H]1F. The highest BCUT2D eigenvalue weighted by atomic mass is 19.1. The fourth-order valence-corrected chi connectivity index (χ4v) is 1.13. The Kier molecular flexibility index (Phi) is 1.84. The van der Waals surface area contributed by atoms with Gasteiger partial charge in [0.05, 0.1) is 0 Å². The molecule has 0 radical (unpaired) electrons. The number of Topliss-reactive ketones (excluding diaryl/α,β-unsaturated/α-hetero) is 1. The zero-order chi connectivity index (χ0) is 6.85. The van der Waals surface area contributed by atoms with E-state index in [0.717, 1.165) is 6.42 Å². The quantitative estimate of drug-likeness (QED) is 0.556. The number of hydrogen-bond donors (Lipinski definition) is 0. The Balaban J connectivity index is 2.21. The van der Waals surface area contributed by atoms with Gasteiger partial charge in [0.1, 0.15) is 12.0 Å². The van der Waals surface area contributed by atoms with E-state index in [1.165, 1.54) is 6.92 Å². The summed E-state index contributed by atoms with van der Waals surface area (Å²) in [6.07, 6.45) is 1.33. The van der Waals surface area contributed by atoms with Crippen LogP contribution < -0.4 is 0 Å². The standard InChI is InChI=1S/C7H11FO/c1-5(9)4-6-2-3-7(6)8/h6-7H,2-4H2,1H3/t6-,7-/m0/s1. The molecule has 0 heterocycles. The van der Waals surface area contributed by atoms with Crippen LogP contribution in [0.25, 0.3) is 0 Å². The van der Waals surface area contributed by atoms with Gasteiger partial charge in [-0.3, -0.25) is 0 Å². The highest BCUT2D eigenvalue weighted by Crippen LogP contribution is 2.32. The molecule has 1 rings (SSSR count). The van der Waals surface area contributed by atoms with Crippen molar-refractivity contribution in [1.82, 2.24) is 0 Å². The van der Waals surface area contributed by atoms with E-state index in [9.17, 15) is 9.18 Å². The van der Waals surface area contributed by atoms with Crippen LogP contribution in [0.2, 0.25) is 0 Å². The highest BCUT2D eigenvalue weighted by Gasteiger charge is 2.31. The second kappa shape index (κ2) is 2.46. The lowest BCUT2D eigenvalue weighted by molar-refractivity contribution is -0.119. The molecule has 52 valence electrons. The monoisotopic (exact) mass is 130 g/mol. The maximum Gasteiger partial charge on any atom is 0.130 e. The molecule has 0 aromatic heterocycles. The summed E-state index contributed by atoms with van der Waals surface area (Å²) in [7, 11) is 0. The van der Waals surface area contributed by atoms with E-state index in [-0.39, 0.29) is 11.7 Å². The first-order valence-electron chi connectivity index (χ1n) is 3.33. The molecule has 0 N–H and O–H groups in total. The first kappa shape index (κ1) is 6.72. The van der Waals surface area contributed by atoms with Crippen molar-refractivity contribution in [1.29, 1.82) is 0 Å². The Hall–Kier alpha value is -0.400. The summed E-state index contributed by atoms with van der Waals surface area (Å²) in [5, 5.41) is 0. The molecule has 2 heteroatoms. The molecule has 1 nitrogen and oxygen atoms in total. The van der Waals surface area contributed by atoms with E-state index in [1.807, 2.05) is 0 Å². The summed E-state index contributed by atoms with van der Waals surface area (Å²) in [6.45, 7) is 1.52. The van der Waals surface area contributed by atoms with Crippen molar-refractivity contribution in [3.8, 4) is 0 Å². The molecule has 0 spiro atoms. The molecule has 2 atom stereocenters. The fourth-order valence-electron chi connectivity index (χ4n) is 1.13. The van der Waals surface area contributed by atoms with Crippen molar-refractivity contribution in [3.63, 3.8) is 0 Å². The Morgan fingerprint density at radius 2 is 2.33 bits per heavy atom. The van der Waals surface area contributed by atoms with Crippen molar-refractivity contribution in [2.24, 2.45) is 5.92 Å². The van der Waals surface area contributed by atoms with Gasteiger partial charge < -0.3 is 4.79 Å². The Bertz CT molecular complexity index is 122. The van der Waals surface area contributed by atoms with Crippen molar-refractivity contribution in [3.05, 3.63) is 0 Å². The Morgan fingerprint density at radius 3 is 2.44 bits per heavy atom. The van der Waals surface area contributed by atoms with Crippen molar-refractivity contribution in [2.75, 3.05) is 0 Å². The molecule has 0 unspecified atom stereocenters. The number of carbonyl (C=O) groups excluding carboxylic acids is 1. The third-order valence-corrected chi connectivity index (χ3v) is 1.87. The van der Waals surface area contributed by atoms with Crippen LogP contribution in [-0.2, 0) is 4.79 Å². The zero-order valence-electron chi connectivity index (χ0n) is 5.56. The second-order valence-corrected chi connectivity index (χ2v) is 2.76. The summed E-state index contributed by atoms with van der Waals surface area (Å²) in [5.74, 6) is 0.171. The fraction of sp³-hybridized carbons (Fsp3) is 0.857. The number of carbonyl (C=O) groups is 1. The number of hydrogen-bond acceptors (Lipinski definition) is 1. The van der Waals surface area contributed by atoms with E-state index < -0.39 is 6.17 Å². The molecular formula is C7H11FO. The van der Waals surface area contributed by atoms with Gasteiger partial charge in [-0.25, -0.2) is 4.39 Å². The van der Waals surface area contributed by atoms with E-state index >= 15 is 0 Å². The van der Waals surface area contributed by atoms with E-state index in [2.05, 4.69) is 0 Å². The predicted molar refractivity (Wildman–Crippen MR) is 32.9 cm³/mol. The normalized spacial score (nSPS) is 33.6. The van der Waals surface area contributed by atoms with Gasteiger partial charge >= 0.3 is 0 Å². The van der Waals surface area contributed by atoms with Crippen LogP contribution >= 0.6 is 0 Å². The molecule has 0 aliphatic heterocycles. The van der Waals surface area contributed by atoms with Crippen LogP contribution in [0, 0.1) is 5.92 Å². The van der Waals surface area contributed by atoms with Gasteiger partial charge in [0.25, 0.3) is 0 Å². The lowest BCUT2D eigenvalue weighted by Crippen LogP contribution is -2.28. The highest BCUT2D eigenvalue weighted by molar-refractivity contribution is 5.75. The number of alkyl halides is 1. The minimum absolute atomic E-state index is 0.0579. The summed E-state index contributed by atoms with van der Waals surface area (Å²) in [6, 6.07) is 0. The van der Waals surface area contributed by atoms with Crippen LogP contribution in [-0.4, -0.2) is 12.0 Å². The topological polar surface area (TPSA) is 17.1 Å². The average molecular weight is 130 g/mol. The van der Waals surface area contributed by atoms with Gasteiger partial charge in [-0.2, -0.15) is 0 Å². The summed E-state index contributed by atoms with van der Waals surface area (Å²) in [4.78, 5) is 10.4. The first-order valence-corrected chi connectivity index (χ1v) is 3.33. The van der Waals surface area contributed by atoms with Gasteiger partial charge in [0.15, 0.2) is 0 Å². The number of ketones is 1. The lowest BCUT2D eigenvalue weighted by atomic mass is 9.80. The molecule has 1 aliphatic rings. The van der Waals surface area contributed by atoms with Gasteiger partial charge in [-0.15, -0.1) is 0 Å². The van der Waals surface area contributed by atoms with E-state index in [1.54, 1.807) is 0 Å². The largest absolute Gasteiger partial charge is 0.300 e. The van der Waals surface area contributed by atoms with Gasteiger partial charge in [-0.05, 0) is 25.7 Å². The van der Waals surface area contributed by atoms with Crippen molar-refractivity contribution in [2.45, 2.75) is 32.4 Å². The molecule has 1 saturated carbocycles. The molecule has 1 fully saturated rings. The number of halogens is 1. The van der Waals surface area contributed by atoms with Crippen LogP contribution in [0.3, 0.4) is 0 Å². The van der Waals surface area contributed by atoms with E-state index in [4.69, 9.17) is 0 Å². The van der Waals surface area contributed by atoms with Gasteiger partial charge in [0.2, 0.25) is 0 Å². The summed E-state index contributed by atoms with van der Waals surface area (Å²) in [5.41, 5.74) is 0. The third-order valence-electron chi connectivity index (χ3n) is 1.87. The first-order chi connectivity index (χ1) is 4.20. The third kappa shape index (κ3) is 1.50. The minimum atomic E-state index is -0.686. The predicted octanol–water partition coefficient (Wildman–Crippen LogP) is 1.71. The molecule has 9 heavy (non-hydrogen) atoms. The molecule has 0 saturated heterocycles. The van der Waals surface area contributed by atoms with Crippen molar-refractivity contribution >= 4 is 5.78 Å². The summed E-state index contributed by atoms with van der Waals surface area (Å²) >= 11 is 0. The van der Waals surface area contributed by atoms with Crippen LogP contribution in [0.4, 0.5) is 4.39 Å². The molecule has 0 aromatic carbocycles. The van der Waals surface area contributed by atoms with Gasteiger partial charge in [-0.1, -0.05) is 0 Å². The van der Waals surface area contributed by atoms with Crippen LogP contribution in [0.1, 0.15) is 26.2 Å². The Labute approximate surface area is 54.3 Å². The maximum absolute atomic E-state index is 12.4. The lowest BCUT2D eigenvalue weighted by Gasteiger charge is -2.29. The smallest absolute Gasteiger partial charge is 0.130 e. The van der Waals surface area contributed by atoms with Crippen LogP contribution in [0.15, 0.2) is 0 Å². The molecule has 0 bridgehead atoms. The molecular weight excluding hydrogens is 119 g/mol. The van der Waals surface area contributed by atoms with E-state index in [0.29, 0.717) is 12.8 Å². The number of rotatable bonds is 2. The zero-order valence-corrected chi connectivity index (χ0v) is 5.56. The maximum atomic E-state index is 12.4. The van der Waals surface area contributed by atoms with Gasteiger partial charge in [0, 0.05) is 6.42 Å². The molecule has 0 amide bonds. The second-order valence-electron chi connectivity index (χ2n) is 2.76.